The SMILES string of the molecule is CCC1CCc2cc(OCn3ccnc3)ccc2C1C(C)(C)C. The summed E-state index contributed by atoms with van der Waals surface area (Å²) in [6.45, 7) is 9.96. The Balaban J connectivity index is 1.82. The van der Waals surface area contributed by atoms with E-state index in [1.165, 1.54) is 30.4 Å². The second-order valence-corrected chi connectivity index (χ2v) is 7.76. The second-order valence-electron chi connectivity index (χ2n) is 7.76. The third kappa shape index (κ3) is 3.44. The van der Waals surface area contributed by atoms with Gasteiger partial charge in [-0.15, -0.1) is 0 Å². The van der Waals surface area contributed by atoms with Crippen LogP contribution >= 0.6 is 0 Å². The summed E-state index contributed by atoms with van der Waals surface area (Å²) < 4.78 is 7.85. The van der Waals surface area contributed by atoms with E-state index in [9.17, 15) is 0 Å². The third-order valence-corrected chi connectivity index (χ3v) is 5.10. The first-order valence-electron chi connectivity index (χ1n) is 8.70. The summed E-state index contributed by atoms with van der Waals surface area (Å²) in [5.41, 5.74) is 3.30. The van der Waals surface area contributed by atoms with E-state index in [0.717, 1.165) is 11.7 Å². The van der Waals surface area contributed by atoms with Crippen LogP contribution in [0.5, 0.6) is 5.75 Å². The highest BCUT2D eigenvalue weighted by Gasteiger charge is 2.36. The maximum Gasteiger partial charge on any atom is 0.165 e. The summed E-state index contributed by atoms with van der Waals surface area (Å²) in [7, 11) is 0. The molecule has 0 fully saturated rings. The van der Waals surface area contributed by atoms with Crippen LogP contribution in [-0.4, -0.2) is 9.55 Å². The number of benzene rings is 1. The summed E-state index contributed by atoms with van der Waals surface area (Å²) in [5.74, 6) is 2.39. The van der Waals surface area contributed by atoms with Crippen molar-refractivity contribution in [3.8, 4) is 5.75 Å². The third-order valence-electron chi connectivity index (χ3n) is 5.10. The van der Waals surface area contributed by atoms with Gasteiger partial charge in [0.1, 0.15) is 5.75 Å². The smallest absolute Gasteiger partial charge is 0.165 e. The standard InChI is InChI=1S/C20H28N2O/c1-5-15-6-7-16-12-17(23-14-22-11-10-21-13-22)8-9-18(16)19(15)20(2,3)4/h8-13,15,19H,5-7,14H2,1-4H3. The molecule has 0 amide bonds. The Morgan fingerprint density at radius 1 is 1.30 bits per heavy atom. The lowest BCUT2D eigenvalue weighted by Gasteiger charge is -2.41. The van der Waals surface area contributed by atoms with Crippen LogP contribution in [0.4, 0.5) is 0 Å². The zero-order chi connectivity index (χ0) is 16.4. The molecule has 0 bridgehead atoms. The van der Waals surface area contributed by atoms with Gasteiger partial charge in [-0.25, -0.2) is 4.98 Å². The van der Waals surface area contributed by atoms with E-state index in [-0.39, 0.29) is 0 Å². The lowest BCUT2D eigenvalue weighted by molar-refractivity contribution is 0.205. The molecule has 0 saturated carbocycles. The fourth-order valence-corrected chi connectivity index (χ4v) is 4.08. The van der Waals surface area contributed by atoms with E-state index >= 15 is 0 Å². The lowest BCUT2D eigenvalue weighted by atomic mass is 9.63. The summed E-state index contributed by atoms with van der Waals surface area (Å²) in [6.07, 6.45) is 9.19. The van der Waals surface area contributed by atoms with Gasteiger partial charge in [-0.1, -0.05) is 40.2 Å². The average Bonchev–Trinajstić information content (AvgIpc) is 3.04. The predicted octanol–water partition coefficient (Wildman–Crippen LogP) is 5.02. The van der Waals surface area contributed by atoms with Crippen molar-refractivity contribution < 1.29 is 4.74 Å². The molecule has 0 aliphatic heterocycles. The minimum Gasteiger partial charge on any atom is -0.473 e. The Bertz CT molecular complexity index is 640. The van der Waals surface area contributed by atoms with E-state index < -0.39 is 0 Å². The van der Waals surface area contributed by atoms with Crippen molar-refractivity contribution >= 4 is 0 Å². The van der Waals surface area contributed by atoms with Crippen LogP contribution < -0.4 is 4.74 Å². The number of aryl methyl sites for hydroxylation is 1. The topological polar surface area (TPSA) is 27.1 Å². The molecular weight excluding hydrogens is 284 g/mol. The maximum atomic E-state index is 5.91. The highest BCUT2D eigenvalue weighted by molar-refractivity contribution is 5.40. The summed E-state index contributed by atoms with van der Waals surface area (Å²) in [5, 5.41) is 0. The van der Waals surface area contributed by atoms with Crippen molar-refractivity contribution in [3.63, 3.8) is 0 Å². The number of nitrogens with zero attached hydrogens (tertiary/aromatic N) is 2. The average molecular weight is 312 g/mol. The highest BCUT2D eigenvalue weighted by Crippen LogP contribution is 2.48. The summed E-state index contributed by atoms with van der Waals surface area (Å²) in [4.78, 5) is 4.04. The fraction of sp³-hybridized carbons (Fsp3) is 0.550. The van der Waals surface area contributed by atoms with E-state index in [0.29, 0.717) is 18.1 Å². The van der Waals surface area contributed by atoms with Crippen molar-refractivity contribution in [2.45, 2.75) is 59.6 Å². The van der Waals surface area contributed by atoms with E-state index in [4.69, 9.17) is 4.74 Å². The molecule has 1 aromatic heterocycles. The van der Waals surface area contributed by atoms with Crippen molar-refractivity contribution in [2.24, 2.45) is 11.3 Å². The van der Waals surface area contributed by atoms with Gasteiger partial charge in [0.2, 0.25) is 0 Å². The molecule has 2 atom stereocenters. The molecule has 0 N–H and O–H groups in total. The van der Waals surface area contributed by atoms with Crippen LogP contribution in [0, 0.1) is 11.3 Å². The van der Waals surface area contributed by atoms with Gasteiger partial charge < -0.3 is 9.30 Å². The van der Waals surface area contributed by atoms with Crippen LogP contribution in [0.3, 0.4) is 0 Å². The van der Waals surface area contributed by atoms with Gasteiger partial charge in [-0.2, -0.15) is 0 Å². The number of hydrogen-bond acceptors (Lipinski definition) is 2. The number of hydrogen-bond donors (Lipinski definition) is 0. The summed E-state index contributed by atoms with van der Waals surface area (Å²) >= 11 is 0. The molecular formula is C20H28N2O. The monoisotopic (exact) mass is 312 g/mol. The molecule has 2 aromatic rings. The Morgan fingerprint density at radius 2 is 2.13 bits per heavy atom. The van der Waals surface area contributed by atoms with Crippen molar-refractivity contribution in [3.05, 3.63) is 48.0 Å². The maximum absolute atomic E-state index is 5.91. The summed E-state index contributed by atoms with van der Waals surface area (Å²) in [6, 6.07) is 6.68. The molecule has 2 unspecified atom stereocenters. The van der Waals surface area contributed by atoms with Crippen LogP contribution in [-0.2, 0) is 13.2 Å². The van der Waals surface area contributed by atoms with Gasteiger partial charge >= 0.3 is 0 Å². The van der Waals surface area contributed by atoms with Gasteiger partial charge in [0.05, 0.1) is 6.33 Å². The lowest BCUT2D eigenvalue weighted by Crippen LogP contribution is -2.30. The molecule has 3 nitrogen and oxygen atoms in total. The number of aromatic nitrogens is 2. The van der Waals surface area contributed by atoms with Gasteiger partial charge in [0.15, 0.2) is 6.73 Å². The van der Waals surface area contributed by atoms with Gasteiger partial charge in [-0.05, 0) is 53.4 Å². The number of rotatable bonds is 4. The molecule has 0 saturated heterocycles. The minimum absolute atomic E-state index is 0.301. The van der Waals surface area contributed by atoms with Gasteiger partial charge in [-0.3, -0.25) is 0 Å². The number of fused-ring (bicyclic) bond motifs is 1. The second kappa shape index (κ2) is 6.38. The fourth-order valence-electron chi connectivity index (χ4n) is 4.08. The van der Waals surface area contributed by atoms with Crippen LogP contribution in [0.15, 0.2) is 36.9 Å². The van der Waals surface area contributed by atoms with E-state index in [2.05, 4.69) is 50.9 Å². The van der Waals surface area contributed by atoms with Crippen molar-refractivity contribution in [1.82, 2.24) is 9.55 Å². The van der Waals surface area contributed by atoms with Gasteiger partial charge in [0, 0.05) is 12.4 Å². The molecule has 1 aromatic carbocycles. The first-order valence-corrected chi connectivity index (χ1v) is 8.70. The molecule has 1 aliphatic rings. The molecule has 3 heteroatoms. The van der Waals surface area contributed by atoms with Crippen LogP contribution in [0.25, 0.3) is 0 Å². The normalized spacial score (nSPS) is 21.0. The first-order chi connectivity index (χ1) is 11.0. The molecule has 0 radical (unpaired) electrons. The Kier molecular flexibility index (Phi) is 4.47. The Labute approximate surface area is 139 Å². The molecule has 0 spiro atoms. The van der Waals surface area contributed by atoms with Crippen molar-refractivity contribution in [2.75, 3.05) is 0 Å². The Hall–Kier alpha value is -1.77. The predicted molar refractivity (Wildman–Crippen MR) is 93.6 cm³/mol. The molecule has 1 aliphatic carbocycles. The van der Waals surface area contributed by atoms with Crippen molar-refractivity contribution in [1.29, 1.82) is 0 Å². The zero-order valence-corrected chi connectivity index (χ0v) is 14.7. The van der Waals surface area contributed by atoms with Crippen LogP contribution in [0.1, 0.15) is 57.6 Å². The highest BCUT2D eigenvalue weighted by atomic mass is 16.5. The Morgan fingerprint density at radius 3 is 2.78 bits per heavy atom. The van der Waals surface area contributed by atoms with E-state index in [1.54, 1.807) is 12.5 Å². The first kappa shape index (κ1) is 16.1. The largest absolute Gasteiger partial charge is 0.473 e. The minimum atomic E-state index is 0.301. The number of ether oxygens (including phenoxy) is 1. The molecule has 124 valence electrons. The molecule has 23 heavy (non-hydrogen) atoms. The van der Waals surface area contributed by atoms with Gasteiger partial charge in [0.25, 0.3) is 0 Å². The molecule has 3 rings (SSSR count). The van der Waals surface area contributed by atoms with E-state index in [1.807, 2.05) is 10.8 Å². The zero-order valence-electron chi connectivity index (χ0n) is 14.7. The van der Waals surface area contributed by atoms with Crippen LogP contribution in [0.2, 0.25) is 0 Å². The quantitative estimate of drug-likeness (QED) is 0.792. The number of imidazole rings is 1. The molecule has 1 heterocycles.